The quantitative estimate of drug-likeness (QED) is 0.867. The third kappa shape index (κ3) is 4.76. The van der Waals surface area contributed by atoms with Crippen molar-refractivity contribution in [3.05, 3.63) is 28.5 Å². The normalized spacial score (nSPS) is 14.9. The van der Waals surface area contributed by atoms with Crippen molar-refractivity contribution in [3.8, 4) is 0 Å². The average Bonchev–Trinajstić information content (AvgIpc) is 2.30. The molecular weight excluding hydrogens is 276 g/mol. The second-order valence-corrected chi connectivity index (χ2v) is 5.85. The number of likely N-dealkylation sites (N-methyl/N-ethyl adjacent to an activating group) is 1. The van der Waals surface area contributed by atoms with Gasteiger partial charge in [0.05, 0.1) is 0 Å². The number of pyridine rings is 1. The lowest BCUT2D eigenvalue weighted by Gasteiger charge is -2.27. The fourth-order valence-corrected chi connectivity index (χ4v) is 2.16. The highest BCUT2D eigenvalue weighted by molar-refractivity contribution is 9.10. The zero-order valence-corrected chi connectivity index (χ0v) is 12.8. The van der Waals surface area contributed by atoms with Gasteiger partial charge in [-0.25, -0.2) is 0 Å². The molecule has 2 unspecified atom stereocenters. The van der Waals surface area contributed by atoms with E-state index in [9.17, 15) is 0 Å². The van der Waals surface area contributed by atoms with Gasteiger partial charge in [-0.15, -0.1) is 0 Å². The summed E-state index contributed by atoms with van der Waals surface area (Å²) < 4.78 is 1.04. The molecule has 0 aliphatic heterocycles. The van der Waals surface area contributed by atoms with Crippen molar-refractivity contribution in [1.82, 2.24) is 10.3 Å². The predicted octanol–water partition coefficient (Wildman–Crippen LogP) is 3.66. The van der Waals surface area contributed by atoms with E-state index in [1.165, 1.54) is 0 Å². The summed E-state index contributed by atoms with van der Waals surface area (Å²) in [4.78, 5) is 4.46. The van der Waals surface area contributed by atoms with Crippen molar-refractivity contribution in [1.29, 1.82) is 0 Å². The van der Waals surface area contributed by atoms with E-state index in [-0.39, 0.29) is 0 Å². The summed E-state index contributed by atoms with van der Waals surface area (Å²) in [6.45, 7) is 10.1. The molecule has 0 saturated heterocycles. The number of hydrogen-bond donors (Lipinski definition) is 1. The molecule has 2 nitrogen and oxygen atoms in total. The number of nitrogens with one attached hydrogen (secondary N) is 1. The second kappa shape index (κ2) is 7.12. The maximum atomic E-state index is 4.46. The van der Waals surface area contributed by atoms with Gasteiger partial charge in [0.25, 0.3) is 0 Å². The van der Waals surface area contributed by atoms with E-state index in [2.05, 4.69) is 66.1 Å². The Morgan fingerprint density at radius 2 is 2.00 bits per heavy atom. The maximum absolute atomic E-state index is 4.46. The first-order valence-electron chi connectivity index (χ1n) is 6.38. The molecule has 2 atom stereocenters. The highest BCUT2D eigenvalue weighted by Gasteiger charge is 2.19. The summed E-state index contributed by atoms with van der Waals surface area (Å²) in [6.07, 6.45) is 2.87. The molecule has 1 rings (SSSR count). The monoisotopic (exact) mass is 298 g/mol. The first kappa shape index (κ1) is 14.7. The van der Waals surface area contributed by atoms with E-state index >= 15 is 0 Å². The van der Waals surface area contributed by atoms with Gasteiger partial charge < -0.3 is 5.32 Å². The Morgan fingerprint density at radius 1 is 1.29 bits per heavy atom. The molecule has 3 heteroatoms. The van der Waals surface area contributed by atoms with Crippen LogP contribution < -0.4 is 5.32 Å². The molecule has 1 N–H and O–H groups in total. The molecule has 0 radical (unpaired) electrons. The Morgan fingerprint density at radius 3 is 2.47 bits per heavy atom. The number of rotatable bonds is 6. The van der Waals surface area contributed by atoms with E-state index in [1.807, 2.05) is 6.20 Å². The van der Waals surface area contributed by atoms with Gasteiger partial charge in [-0.05, 0) is 46.4 Å². The van der Waals surface area contributed by atoms with Crippen LogP contribution in [-0.2, 0) is 6.42 Å². The largest absolute Gasteiger partial charge is 0.314 e. The van der Waals surface area contributed by atoms with Gasteiger partial charge in [-0.3, -0.25) is 4.98 Å². The number of hydrogen-bond acceptors (Lipinski definition) is 2. The molecule has 1 heterocycles. The minimum absolute atomic E-state index is 0.508. The van der Waals surface area contributed by atoms with Crippen LogP contribution in [0.25, 0.3) is 0 Å². The van der Waals surface area contributed by atoms with Gasteiger partial charge >= 0.3 is 0 Å². The summed E-state index contributed by atoms with van der Waals surface area (Å²) in [7, 11) is 0. The summed E-state index contributed by atoms with van der Waals surface area (Å²) in [5, 5.41) is 3.58. The molecule has 0 aliphatic carbocycles. The Balaban J connectivity index is 2.69. The average molecular weight is 299 g/mol. The molecule has 96 valence electrons. The fraction of sp³-hybridized carbons (Fsp3) is 0.643. The minimum Gasteiger partial charge on any atom is -0.314 e. The standard InChI is InChI=1S/C14H23BrN2/c1-5-16-14(11(4)10(2)3)8-13-7-6-12(15)9-17-13/h6-7,9-11,14,16H,5,8H2,1-4H3. The van der Waals surface area contributed by atoms with Crippen LogP contribution in [0.1, 0.15) is 33.4 Å². The topological polar surface area (TPSA) is 24.9 Å². The van der Waals surface area contributed by atoms with Crippen LogP contribution in [-0.4, -0.2) is 17.6 Å². The number of nitrogens with zero attached hydrogens (tertiary/aromatic N) is 1. The fourth-order valence-electron chi connectivity index (χ4n) is 1.92. The van der Waals surface area contributed by atoms with Crippen LogP contribution >= 0.6 is 15.9 Å². The van der Waals surface area contributed by atoms with Crippen LogP contribution in [0.3, 0.4) is 0 Å². The third-order valence-corrected chi connectivity index (χ3v) is 3.84. The van der Waals surface area contributed by atoms with Crippen molar-refractivity contribution in [2.75, 3.05) is 6.54 Å². The van der Waals surface area contributed by atoms with Gasteiger partial charge in [-0.1, -0.05) is 27.7 Å². The Hall–Kier alpha value is -0.410. The SMILES string of the molecule is CCNC(Cc1ccc(Br)cn1)C(C)C(C)C. The Labute approximate surface area is 113 Å². The molecule has 1 aromatic rings. The second-order valence-electron chi connectivity index (χ2n) is 4.94. The molecule has 0 aromatic carbocycles. The first-order chi connectivity index (χ1) is 8.04. The smallest absolute Gasteiger partial charge is 0.0420 e. The van der Waals surface area contributed by atoms with Gasteiger partial charge in [0.2, 0.25) is 0 Å². The lowest BCUT2D eigenvalue weighted by atomic mass is 9.87. The van der Waals surface area contributed by atoms with Crippen molar-refractivity contribution in [2.24, 2.45) is 11.8 Å². The summed E-state index contributed by atoms with van der Waals surface area (Å²) in [5.41, 5.74) is 1.16. The van der Waals surface area contributed by atoms with E-state index in [4.69, 9.17) is 0 Å². The van der Waals surface area contributed by atoms with Gasteiger partial charge in [0.15, 0.2) is 0 Å². The third-order valence-electron chi connectivity index (χ3n) is 3.37. The predicted molar refractivity (Wildman–Crippen MR) is 77.1 cm³/mol. The molecule has 0 bridgehead atoms. The van der Waals surface area contributed by atoms with Crippen LogP contribution in [0.15, 0.2) is 22.8 Å². The Bertz CT molecular complexity index is 321. The van der Waals surface area contributed by atoms with Crippen LogP contribution in [0.5, 0.6) is 0 Å². The molecule has 0 fully saturated rings. The van der Waals surface area contributed by atoms with E-state index < -0.39 is 0 Å². The van der Waals surface area contributed by atoms with Crippen molar-refractivity contribution >= 4 is 15.9 Å². The molecule has 0 amide bonds. The Kier molecular flexibility index (Phi) is 6.14. The minimum atomic E-state index is 0.508. The first-order valence-corrected chi connectivity index (χ1v) is 7.17. The zero-order valence-electron chi connectivity index (χ0n) is 11.2. The molecule has 0 spiro atoms. The molecular formula is C14H23BrN2. The molecule has 0 saturated carbocycles. The summed E-state index contributed by atoms with van der Waals surface area (Å²) >= 11 is 3.42. The highest BCUT2D eigenvalue weighted by atomic mass is 79.9. The summed E-state index contributed by atoms with van der Waals surface area (Å²) in [5.74, 6) is 1.34. The molecule has 0 aliphatic rings. The lowest BCUT2D eigenvalue weighted by molar-refractivity contribution is 0.299. The van der Waals surface area contributed by atoms with Gasteiger partial charge in [-0.2, -0.15) is 0 Å². The van der Waals surface area contributed by atoms with E-state index in [0.717, 1.165) is 23.1 Å². The van der Waals surface area contributed by atoms with E-state index in [1.54, 1.807) is 0 Å². The van der Waals surface area contributed by atoms with Crippen molar-refractivity contribution in [2.45, 2.75) is 40.2 Å². The number of halogens is 1. The van der Waals surface area contributed by atoms with Crippen LogP contribution in [0, 0.1) is 11.8 Å². The van der Waals surface area contributed by atoms with Crippen LogP contribution in [0.4, 0.5) is 0 Å². The van der Waals surface area contributed by atoms with Crippen LogP contribution in [0.2, 0.25) is 0 Å². The molecule has 1 aromatic heterocycles. The maximum Gasteiger partial charge on any atom is 0.0420 e. The highest BCUT2D eigenvalue weighted by Crippen LogP contribution is 2.18. The lowest BCUT2D eigenvalue weighted by Crippen LogP contribution is -2.39. The van der Waals surface area contributed by atoms with Crippen molar-refractivity contribution in [3.63, 3.8) is 0 Å². The van der Waals surface area contributed by atoms with Crippen molar-refractivity contribution < 1.29 is 0 Å². The summed E-state index contributed by atoms with van der Waals surface area (Å²) in [6, 6.07) is 4.67. The number of aromatic nitrogens is 1. The van der Waals surface area contributed by atoms with E-state index in [0.29, 0.717) is 17.9 Å². The zero-order chi connectivity index (χ0) is 12.8. The molecule has 17 heavy (non-hydrogen) atoms. The van der Waals surface area contributed by atoms with Gasteiger partial charge in [0.1, 0.15) is 0 Å². The van der Waals surface area contributed by atoms with Gasteiger partial charge in [0, 0.05) is 28.8 Å².